The van der Waals surface area contributed by atoms with Crippen molar-refractivity contribution in [3.05, 3.63) is 23.8 Å². The van der Waals surface area contributed by atoms with E-state index in [1.165, 1.54) is 7.11 Å². The first-order valence-corrected chi connectivity index (χ1v) is 7.29. The highest BCUT2D eigenvalue weighted by molar-refractivity contribution is 7.90. The van der Waals surface area contributed by atoms with Gasteiger partial charge in [-0.25, -0.2) is 8.42 Å². The molecule has 0 aromatic heterocycles. The highest BCUT2D eigenvalue weighted by atomic mass is 32.2. The number of hydrogen-bond acceptors (Lipinski definition) is 5. The summed E-state index contributed by atoms with van der Waals surface area (Å²) in [5.41, 5.74) is 6.20. The zero-order valence-corrected chi connectivity index (χ0v) is 11.1. The molecule has 6 nitrogen and oxygen atoms in total. The summed E-state index contributed by atoms with van der Waals surface area (Å²) < 4.78 is 26.9. The number of methoxy groups -OCH3 is 1. The number of carbonyl (C=O) groups is 1. The third-order valence-corrected chi connectivity index (χ3v) is 3.21. The van der Waals surface area contributed by atoms with Crippen LogP contribution >= 0.6 is 0 Å². The van der Waals surface area contributed by atoms with Crippen molar-refractivity contribution >= 4 is 21.4 Å². The SMILES string of the molecule is COc1cccc(N)c1C(=O)NCCS(C)(=O)=O. The Morgan fingerprint density at radius 3 is 2.67 bits per heavy atom. The molecule has 1 aromatic carbocycles. The van der Waals surface area contributed by atoms with E-state index in [1.54, 1.807) is 18.2 Å². The Morgan fingerprint density at radius 1 is 1.44 bits per heavy atom. The van der Waals surface area contributed by atoms with Crippen LogP contribution in [0.4, 0.5) is 5.69 Å². The van der Waals surface area contributed by atoms with Crippen LogP contribution in [0.5, 0.6) is 5.75 Å². The number of nitrogen functional groups attached to an aromatic ring is 1. The molecule has 100 valence electrons. The number of carbonyl (C=O) groups excluding carboxylic acids is 1. The minimum absolute atomic E-state index is 0.0369. The molecule has 0 aliphatic rings. The highest BCUT2D eigenvalue weighted by Crippen LogP contribution is 2.23. The van der Waals surface area contributed by atoms with E-state index < -0.39 is 15.7 Å². The van der Waals surface area contributed by atoms with Crippen molar-refractivity contribution in [3.8, 4) is 5.75 Å². The standard InChI is InChI=1S/C11H16N2O4S/c1-17-9-5-3-4-8(12)10(9)11(14)13-6-7-18(2,15)16/h3-5H,6-7,12H2,1-2H3,(H,13,14). The van der Waals surface area contributed by atoms with Crippen molar-refractivity contribution in [3.63, 3.8) is 0 Å². The van der Waals surface area contributed by atoms with Crippen LogP contribution in [0.3, 0.4) is 0 Å². The lowest BCUT2D eigenvalue weighted by molar-refractivity contribution is 0.0954. The van der Waals surface area contributed by atoms with Crippen molar-refractivity contribution in [2.75, 3.05) is 31.4 Å². The zero-order valence-electron chi connectivity index (χ0n) is 10.3. The fourth-order valence-electron chi connectivity index (χ4n) is 1.40. The third kappa shape index (κ3) is 3.92. The van der Waals surface area contributed by atoms with Gasteiger partial charge in [-0.1, -0.05) is 6.07 Å². The van der Waals surface area contributed by atoms with Crippen LogP contribution in [0, 0.1) is 0 Å². The van der Waals surface area contributed by atoms with Crippen molar-refractivity contribution < 1.29 is 17.9 Å². The van der Waals surface area contributed by atoms with Gasteiger partial charge in [-0.3, -0.25) is 4.79 Å². The Labute approximate surface area is 106 Å². The predicted octanol–water partition coefficient (Wildman–Crippen LogP) is 0.0518. The van der Waals surface area contributed by atoms with E-state index in [0.717, 1.165) is 6.26 Å². The van der Waals surface area contributed by atoms with Gasteiger partial charge in [0, 0.05) is 18.5 Å². The summed E-state index contributed by atoms with van der Waals surface area (Å²) in [5, 5.41) is 2.49. The number of nitrogens with two attached hydrogens (primary N) is 1. The van der Waals surface area contributed by atoms with Gasteiger partial charge in [-0.2, -0.15) is 0 Å². The van der Waals surface area contributed by atoms with E-state index in [4.69, 9.17) is 10.5 Å². The van der Waals surface area contributed by atoms with E-state index in [1.807, 2.05) is 0 Å². The molecule has 7 heteroatoms. The fourth-order valence-corrected chi connectivity index (χ4v) is 1.87. The average Bonchev–Trinajstić information content (AvgIpc) is 2.26. The molecule has 0 heterocycles. The van der Waals surface area contributed by atoms with Gasteiger partial charge < -0.3 is 15.8 Å². The number of nitrogens with one attached hydrogen (secondary N) is 1. The van der Waals surface area contributed by atoms with E-state index in [-0.39, 0.29) is 23.5 Å². The molecule has 0 saturated heterocycles. The predicted molar refractivity (Wildman–Crippen MR) is 69.5 cm³/mol. The van der Waals surface area contributed by atoms with Crippen LogP contribution in [-0.4, -0.2) is 40.0 Å². The lowest BCUT2D eigenvalue weighted by Gasteiger charge is -2.11. The van der Waals surface area contributed by atoms with E-state index in [0.29, 0.717) is 5.75 Å². The van der Waals surface area contributed by atoms with Gasteiger partial charge >= 0.3 is 0 Å². The first-order valence-electron chi connectivity index (χ1n) is 5.23. The molecule has 0 atom stereocenters. The van der Waals surface area contributed by atoms with Crippen LogP contribution < -0.4 is 15.8 Å². The molecule has 3 N–H and O–H groups in total. The molecule has 1 amide bonds. The fraction of sp³-hybridized carbons (Fsp3) is 0.364. The minimum atomic E-state index is -3.11. The molecule has 1 aromatic rings. The van der Waals surface area contributed by atoms with Gasteiger partial charge in [0.2, 0.25) is 0 Å². The van der Waals surface area contributed by atoms with Crippen molar-refractivity contribution in [1.82, 2.24) is 5.32 Å². The Balaban J connectivity index is 2.79. The zero-order chi connectivity index (χ0) is 13.8. The van der Waals surface area contributed by atoms with E-state index in [9.17, 15) is 13.2 Å². The molecule has 0 unspecified atom stereocenters. The molecule has 0 fully saturated rings. The maximum absolute atomic E-state index is 11.9. The van der Waals surface area contributed by atoms with E-state index in [2.05, 4.69) is 5.32 Å². The lowest BCUT2D eigenvalue weighted by atomic mass is 10.1. The molecule has 0 aliphatic heterocycles. The number of benzene rings is 1. The lowest BCUT2D eigenvalue weighted by Crippen LogP contribution is -2.29. The van der Waals surface area contributed by atoms with Gasteiger partial charge in [0.25, 0.3) is 5.91 Å². The second kappa shape index (κ2) is 5.72. The number of anilines is 1. The molecule has 1 rings (SSSR count). The normalized spacial score (nSPS) is 11.0. The van der Waals surface area contributed by atoms with E-state index >= 15 is 0 Å². The van der Waals surface area contributed by atoms with Crippen LogP contribution in [0.1, 0.15) is 10.4 Å². The molecule has 0 saturated carbocycles. The summed E-state index contributed by atoms with van der Waals surface area (Å²) in [4.78, 5) is 11.9. The molecular formula is C11H16N2O4S. The first-order chi connectivity index (χ1) is 8.35. The smallest absolute Gasteiger partial charge is 0.257 e. The first kappa shape index (κ1) is 14.3. The van der Waals surface area contributed by atoms with Crippen LogP contribution in [0.2, 0.25) is 0 Å². The van der Waals surface area contributed by atoms with Gasteiger partial charge in [0.15, 0.2) is 0 Å². The summed E-state index contributed by atoms with van der Waals surface area (Å²) in [7, 11) is -1.67. The number of amides is 1. The molecular weight excluding hydrogens is 256 g/mol. The van der Waals surface area contributed by atoms with Crippen molar-refractivity contribution in [1.29, 1.82) is 0 Å². The van der Waals surface area contributed by atoms with Gasteiger partial charge in [-0.15, -0.1) is 0 Å². The maximum atomic E-state index is 11.9. The number of ether oxygens (including phenoxy) is 1. The molecule has 0 spiro atoms. The van der Waals surface area contributed by atoms with Crippen molar-refractivity contribution in [2.45, 2.75) is 0 Å². The number of hydrogen-bond donors (Lipinski definition) is 2. The molecule has 0 radical (unpaired) electrons. The molecule has 0 bridgehead atoms. The van der Waals surface area contributed by atoms with Gasteiger partial charge in [-0.05, 0) is 12.1 Å². The monoisotopic (exact) mass is 272 g/mol. The second-order valence-electron chi connectivity index (χ2n) is 3.81. The summed E-state index contributed by atoms with van der Waals surface area (Å²) in [6, 6.07) is 4.86. The van der Waals surface area contributed by atoms with Gasteiger partial charge in [0.1, 0.15) is 21.2 Å². The maximum Gasteiger partial charge on any atom is 0.257 e. The Hall–Kier alpha value is -1.76. The largest absolute Gasteiger partial charge is 0.496 e. The summed E-state index contributed by atoms with van der Waals surface area (Å²) in [6.07, 6.45) is 1.11. The highest BCUT2D eigenvalue weighted by Gasteiger charge is 2.15. The topological polar surface area (TPSA) is 98.5 Å². The van der Waals surface area contributed by atoms with Gasteiger partial charge in [0.05, 0.1) is 12.9 Å². The second-order valence-corrected chi connectivity index (χ2v) is 6.07. The van der Waals surface area contributed by atoms with Crippen LogP contribution in [-0.2, 0) is 9.84 Å². The molecule has 0 aliphatic carbocycles. The summed E-state index contributed by atoms with van der Waals surface area (Å²) >= 11 is 0. The van der Waals surface area contributed by atoms with Crippen molar-refractivity contribution in [2.24, 2.45) is 0 Å². The minimum Gasteiger partial charge on any atom is -0.496 e. The Morgan fingerprint density at radius 2 is 2.11 bits per heavy atom. The summed E-state index contributed by atoms with van der Waals surface area (Å²) in [6.45, 7) is 0.0369. The molecule has 18 heavy (non-hydrogen) atoms. The average molecular weight is 272 g/mol. The quantitative estimate of drug-likeness (QED) is 0.738. The summed E-state index contributed by atoms with van der Waals surface area (Å²) in [5.74, 6) is -0.214. The Kier molecular flexibility index (Phi) is 4.55. The number of rotatable bonds is 5. The van der Waals surface area contributed by atoms with Crippen LogP contribution in [0.15, 0.2) is 18.2 Å². The third-order valence-electron chi connectivity index (χ3n) is 2.26. The Bertz CT molecular complexity index is 540. The number of sulfone groups is 1. The van der Waals surface area contributed by atoms with Crippen LogP contribution in [0.25, 0.3) is 0 Å².